The molecule has 0 spiro atoms. The van der Waals surface area contributed by atoms with Crippen molar-refractivity contribution < 1.29 is 27.4 Å². The summed E-state index contributed by atoms with van der Waals surface area (Å²) in [6, 6.07) is 3.46. The third-order valence-electron chi connectivity index (χ3n) is 2.81. The molecule has 0 unspecified atom stereocenters. The summed E-state index contributed by atoms with van der Waals surface area (Å²) in [5.74, 6) is -0.908. The second-order valence-corrected chi connectivity index (χ2v) is 5.91. The predicted octanol–water partition coefficient (Wildman–Crippen LogP) is 4.44. The van der Waals surface area contributed by atoms with E-state index in [1.807, 2.05) is 6.26 Å². The van der Waals surface area contributed by atoms with Crippen molar-refractivity contribution in [2.75, 3.05) is 11.6 Å². The number of aryl methyl sites for hydroxylation is 1. The minimum Gasteiger partial charge on any atom is -0.436 e. The number of anilines is 1. The van der Waals surface area contributed by atoms with Gasteiger partial charge in [0, 0.05) is 20.0 Å². The van der Waals surface area contributed by atoms with Crippen molar-refractivity contribution in [1.82, 2.24) is 9.78 Å². The van der Waals surface area contributed by atoms with Gasteiger partial charge in [-0.05, 0) is 18.4 Å². The van der Waals surface area contributed by atoms with E-state index in [1.54, 1.807) is 7.05 Å². The number of ether oxygens (including phenoxy) is 2. The van der Waals surface area contributed by atoms with Gasteiger partial charge in [0.05, 0.1) is 5.69 Å². The Morgan fingerprint density at radius 2 is 2.08 bits per heavy atom. The van der Waals surface area contributed by atoms with Gasteiger partial charge in [-0.25, -0.2) is 0 Å². The number of carbonyl (C=O) groups is 1. The lowest BCUT2D eigenvalue weighted by Crippen LogP contribution is -2.19. The molecule has 1 N–H and O–H groups in total. The molecule has 0 bridgehead atoms. The first-order chi connectivity index (χ1) is 11.6. The zero-order valence-corrected chi connectivity index (χ0v) is 14.8. The molecule has 2 rings (SSSR count). The number of carbonyl (C=O) groups excluding carboxylic acids is 1. The lowest BCUT2D eigenvalue weighted by Gasteiger charge is -2.14. The first-order valence-electron chi connectivity index (χ1n) is 6.72. The van der Waals surface area contributed by atoms with Crippen LogP contribution in [0, 0.1) is 0 Å². The summed E-state index contributed by atoms with van der Waals surface area (Å²) in [5, 5.41) is 7.28. The van der Waals surface area contributed by atoms with Gasteiger partial charge in [0.1, 0.15) is 15.8 Å². The van der Waals surface area contributed by atoms with Gasteiger partial charge in [-0.2, -0.15) is 0 Å². The Kier molecular flexibility index (Phi) is 5.73. The summed E-state index contributed by atoms with van der Waals surface area (Å²) < 4.78 is 48.3. The fraction of sp³-hybridized carbons (Fsp3) is 0.286. The van der Waals surface area contributed by atoms with E-state index in [-0.39, 0.29) is 22.3 Å². The van der Waals surface area contributed by atoms with E-state index in [9.17, 15) is 18.0 Å². The van der Waals surface area contributed by atoms with Crippen LogP contribution < -0.4 is 14.8 Å². The lowest BCUT2D eigenvalue weighted by molar-refractivity contribution is -0.274. The monoisotopic (exact) mass is 395 g/mol. The molecule has 1 amide bonds. The average Bonchev–Trinajstić information content (AvgIpc) is 2.73. The van der Waals surface area contributed by atoms with Gasteiger partial charge in [-0.15, -0.1) is 30.0 Å². The van der Waals surface area contributed by atoms with Crippen LogP contribution in [0.2, 0.25) is 5.02 Å². The van der Waals surface area contributed by atoms with Crippen LogP contribution in [-0.4, -0.2) is 28.3 Å². The Labute approximate surface area is 150 Å². The highest BCUT2D eigenvalue weighted by molar-refractivity contribution is 7.98. The number of amides is 1. The number of hydrogen-bond acceptors (Lipinski definition) is 5. The third kappa shape index (κ3) is 4.95. The molecule has 0 fully saturated rings. The van der Waals surface area contributed by atoms with Gasteiger partial charge < -0.3 is 14.8 Å². The van der Waals surface area contributed by atoms with Gasteiger partial charge in [-0.1, -0.05) is 11.6 Å². The van der Waals surface area contributed by atoms with E-state index in [1.165, 1.54) is 28.6 Å². The second kappa shape index (κ2) is 7.44. The minimum atomic E-state index is -4.90. The highest BCUT2D eigenvalue weighted by Gasteiger charge is 2.32. The van der Waals surface area contributed by atoms with Crippen molar-refractivity contribution >= 4 is 35.0 Å². The van der Waals surface area contributed by atoms with E-state index < -0.39 is 18.0 Å². The summed E-state index contributed by atoms with van der Waals surface area (Å²) in [4.78, 5) is 11.2. The summed E-state index contributed by atoms with van der Waals surface area (Å²) in [5.41, 5.74) is -0.195. The number of halogens is 4. The summed E-state index contributed by atoms with van der Waals surface area (Å²) in [6.07, 6.45) is -3.09. The Morgan fingerprint density at radius 1 is 1.40 bits per heavy atom. The largest absolute Gasteiger partial charge is 0.573 e. The molecule has 0 aliphatic heterocycles. The van der Waals surface area contributed by atoms with Crippen LogP contribution in [0.15, 0.2) is 23.2 Å². The molecule has 0 radical (unpaired) electrons. The number of alkyl halides is 3. The Bertz CT molecular complexity index is 796. The molecule has 0 aliphatic rings. The number of aromatic nitrogens is 2. The van der Waals surface area contributed by atoms with Crippen LogP contribution in [0.4, 0.5) is 18.9 Å². The van der Waals surface area contributed by atoms with Gasteiger partial charge >= 0.3 is 6.36 Å². The maximum atomic E-state index is 12.4. The van der Waals surface area contributed by atoms with E-state index in [0.717, 1.165) is 13.0 Å². The van der Waals surface area contributed by atoms with Crippen LogP contribution in [-0.2, 0) is 11.8 Å². The molecule has 0 atom stereocenters. The Morgan fingerprint density at radius 3 is 2.60 bits per heavy atom. The number of nitrogens with one attached hydrogen (secondary N) is 1. The molecular weight excluding hydrogens is 383 g/mol. The number of benzene rings is 1. The van der Waals surface area contributed by atoms with Gasteiger partial charge in [0.25, 0.3) is 5.88 Å². The van der Waals surface area contributed by atoms with Crippen molar-refractivity contribution in [1.29, 1.82) is 0 Å². The molecule has 25 heavy (non-hydrogen) atoms. The van der Waals surface area contributed by atoms with Gasteiger partial charge in [0.2, 0.25) is 5.91 Å². The average molecular weight is 396 g/mol. The van der Waals surface area contributed by atoms with Crippen LogP contribution in [0.1, 0.15) is 6.92 Å². The molecule has 0 saturated heterocycles. The lowest BCUT2D eigenvalue weighted by atomic mass is 10.2. The van der Waals surface area contributed by atoms with E-state index >= 15 is 0 Å². The van der Waals surface area contributed by atoms with E-state index in [2.05, 4.69) is 15.2 Å². The van der Waals surface area contributed by atoms with Crippen molar-refractivity contribution in [3.05, 3.63) is 23.2 Å². The molecule has 0 aliphatic carbocycles. The van der Waals surface area contributed by atoms with Crippen molar-refractivity contribution in [3.63, 3.8) is 0 Å². The number of thioether (sulfide) groups is 1. The first-order valence-corrected chi connectivity index (χ1v) is 8.32. The second-order valence-electron chi connectivity index (χ2n) is 4.74. The highest BCUT2D eigenvalue weighted by Crippen LogP contribution is 2.38. The molecule has 2 aromatic rings. The zero-order valence-electron chi connectivity index (χ0n) is 13.3. The molecule has 0 saturated carbocycles. The van der Waals surface area contributed by atoms with Crippen LogP contribution in [0.5, 0.6) is 17.4 Å². The fourth-order valence-corrected chi connectivity index (χ4v) is 2.93. The fourth-order valence-electron chi connectivity index (χ4n) is 1.93. The van der Waals surface area contributed by atoms with Crippen LogP contribution >= 0.6 is 23.4 Å². The summed E-state index contributed by atoms with van der Waals surface area (Å²) in [7, 11) is 1.67. The number of hydrogen-bond donors (Lipinski definition) is 1. The molecule has 1 aromatic carbocycles. The SMILES string of the molecule is CSc1c(Cl)c(Oc2ccc(OC(F)(F)F)c(NC(C)=O)c2)nn1C. The third-order valence-corrected chi connectivity index (χ3v) is 4.11. The van der Waals surface area contributed by atoms with Crippen molar-refractivity contribution in [2.45, 2.75) is 18.3 Å². The molecule has 11 heteroatoms. The Balaban J connectivity index is 2.34. The quantitative estimate of drug-likeness (QED) is 0.758. The molecule has 136 valence electrons. The van der Waals surface area contributed by atoms with Crippen LogP contribution in [0.25, 0.3) is 0 Å². The zero-order chi connectivity index (χ0) is 18.8. The summed E-state index contributed by atoms with van der Waals surface area (Å²) >= 11 is 7.51. The molecule has 1 heterocycles. The van der Waals surface area contributed by atoms with Crippen LogP contribution in [0.3, 0.4) is 0 Å². The molecular formula is C14H13ClF3N3O3S. The Hall–Kier alpha value is -2.07. The topological polar surface area (TPSA) is 65.4 Å². The van der Waals surface area contributed by atoms with Crippen molar-refractivity contribution in [2.24, 2.45) is 7.05 Å². The predicted molar refractivity (Wildman–Crippen MR) is 87.5 cm³/mol. The smallest absolute Gasteiger partial charge is 0.436 e. The minimum absolute atomic E-state index is 0.0896. The van der Waals surface area contributed by atoms with Gasteiger partial charge in [-0.3, -0.25) is 9.48 Å². The number of rotatable bonds is 5. The highest BCUT2D eigenvalue weighted by atomic mass is 35.5. The molecule has 1 aromatic heterocycles. The van der Waals surface area contributed by atoms with E-state index in [0.29, 0.717) is 5.03 Å². The van der Waals surface area contributed by atoms with Gasteiger partial charge in [0.15, 0.2) is 5.75 Å². The van der Waals surface area contributed by atoms with E-state index in [4.69, 9.17) is 16.3 Å². The maximum absolute atomic E-state index is 12.4. The maximum Gasteiger partial charge on any atom is 0.573 e. The normalized spacial score (nSPS) is 11.3. The first kappa shape index (κ1) is 19.3. The number of nitrogens with zero attached hydrogens (tertiary/aromatic N) is 2. The summed E-state index contributed by atoms with van der Waals surface area (Å²) in [6.45, 7) is 1.16. The van der Waals surface area contributed by atoms with Crippen molar-refractivity contribution in [3.8, 4) is 17.4 Å². The standard InChI is InChI=1S/C14H13ClF3N3O3S/c1-7(22)19-9-6-8(4-5-10(9)24-14(16,17)18)23-12-11(15)13(25-3)21(2)20-12/h4-6H,1-3H3,(H,19,22). The molecule has 6 nitrogen and oxygen atoms in total.